The average Bonchev–Trinajstić information content (AvgIpc) is 2.80. The molecule has 0 amide bonds. The first kappa shape index (κ1) is 13.4. The Labute approximate surface area is 120 Å². The molecular formula is C15H23N5. The molecule has 0 aliphatic carbocycles. The molecule has 1 saturated heterocycles. The van der Waals surface area contributed by atoms with Gasteiger partial charge in [0.15, 0.2) is 5.82 Å². The van der Waals surface area contributed by atoms with E-state index in [2.05, 4.69) is 33.3 Å². The summed E-state index contributed by atoms with van der Waals surface area (Å²) in [5, 5.41) is 7.86. The van der Waals surface area contributed by atoms with E-state index in [9.17, 15) is 0 Å². The van der Waals surface area contributed by atoms with E-state index >= 15 is 0 Å². The lowest BCUT2D eigenvalue weighted by molar-refractivity contribution is 0.190. The quantitative estimate of drug-likeness (QED) is 0.927. The van der Waals surface area contributed by atoms with Crippen molar-refractivity contribution in [3.05, 3.63) is 24.2 Å². The van der Waals surface area contributed by atoms with Crippen LogP contribution in [-0.2, 0) is 0 Å². The number of hydrogen-bond donors (Lipinski definition) is 1. The summed E-state index contributed by atoms with van der Waals surface area (Å²) in [6, 6.07) is 2.07. The highest BCUT2D eigenvalue weighted by molar-refractivity contribution is 5.67. The molecule has 0 saturated carbocycles. The summed E-state index contributed by atoms with van der Waals surface area (Å²) in [6.45, 7) is 8.83. The van der Waals surface area contributed by atoms with Crippen molar-refractivity contribution in [3.63, 3.8) is 0 Å². The van der Waals surface area contributed by atoms with Gasteiger partial charge in [-0.15, -0.1) is 0 Å². The van der Waals surface area contributed by atoms with Crippen LogP contribution in [0.3, 0.4) is 0 Å². The van der Waals surface area contributed by atoms with Gasteiger partial charge in [-0.25, -0.2) is 9.50 Å². The number of aryl methyl sites for hydroxylation is 1. The Morgan fingerprint density at radius 2 is 2.35 bits per heavy atom. The van der Waals surface area contributed by atoms with Gasteiger partial charge in [0.05, 0.1) is 5.69 Å². The Balaban J connectivity index is 1.59. The number of nitrogens with zero attached hydrogens (tertiary/aromatic N) is 4. The number of nitrogens with one attached hydrogen (secondary N) is 1. The first-order chi connectivity index (χ1) is 9.72. The van der Waals surface area contributed by atoms with Crippen molar-refractivity contribution in [2.75, 3.05) is 31.5 Å². The number of likely N-dealkylation sites (tertiary alicyclic amines) is 1. The lowest BCUT2D eigenvalue weighted by Crippen LogP contribution is -2.37. The van der Waals surface area contributed by atoms with Crippen molar-refractivity contribution < 1.29 is 0 Å². The minimum absolute atomic E-state index is 0.836. The van der Waals surface area contributed by atoms with Crippen molar-refractivity contribution >= 4 is 11.3 Å². The molecule has 5 heteroatoms. The summed E-state index contributed by atoms with van der Waals surface area (Å²) in [4.78, 5) is 6.97. The first-order valence-electron chi connectivity index (χ1n) is 7.49. The Kier molecular flexibility index (Phi) is 3.87. The second kappa shape index (κ2) is 5.79. The molecule has 1 N–H and O–H groups in total. The van der Waals surface area contributed by atoms with Gasteiger partial charge in [0, 0.05) is 32.0 Å². The predicted octanol–water partition coefficient (Wildman–Crippen LogP) is 2.18. The molecule has 1 aliphatic rings. The van der Waals surface area contributed by atoms with E-state index < -0.39 is 0 Å². The van der Waals surface area contributed by atoms with Gasteiger partial charge in [-0.3, -0.25) is 0 Å². The molecule has 0 aromatic carbocycles. The molecule has 108 valence electrons. The normalized spacial score (nSPS) is 20.4. The molecule has 1 unspecified atom stereocenters. The Morgan fingerprint density at radius 1 is 1.45 bits per heavy atom. The van der Waals surface area contributed by atoms with Crippen molar-refractivity contribution in [1.82, 2.24) is 19.5 Å². The van der Waals surface area contributed by atoms with Crippen LogP contribution < -0.4 is 5.32 Å². The zero-order valence-electron chi connectivity index (χ0n) is 12.3. The van der Waals surface area contributed by atoms with Crippen LogP contribution in [0.2, 0.25) is 0 Å². The lowest BCUT2D eigenvalue weighted by Gasteiger charge is -2.30. The number of hydrogen-bond acceptors (Lipinski definition) is 4. The molecule has 1 aliphatic heterocycles. The minimum atomic E-state index is 0.836. The third-order valence-corrected chi connectivity index (χ3v) is 3.97. The molecule has 0 radical (unpaired) electrons. The molecule has 2 aromatic heterocycles. The first-order valence-corrected chi connectivity index (χ1v) is 7.49. The molecule has 1 atom stereocenters. The van der Waals surface area contributed by atoms with Crippen molar-refractivity contribution in [2.24, 2.45) is 5.92 Å². The van der Waals surface area contributed by atoms with Crippen LogP contribution in [0, 0.1) is 12.8 Å². The molecule has 1 fully saturated rings. The topological polar surface area (TPSA) is 45.5 Å². The van der Waals surface area contributed by atoms with Crippen LogP contribution in [0.25, 0.3) is 5.52 Å². The third kappa shape index (κ3) is 2.93. The monoisotopic (exact) mass is 273 g/mol. The lowest BCUT2D eigenvalue weighted by atomic mass is 10.0. The van der Waals surface area contributed by atoms with Gasteiger partial charge < -0.3 is 10.2 Å². The summed E-state index contributed by atoms with van der Waals surface area (Å²) in [6.07, 6.45) is 6.39. The van der Waals surface area contributed by atoms with Gasteiger partial charge in [0.1, 0.15) is 5.52 Å². The fourth-order valence-corrected chi connectivity index (χ4v) is 3.00. The summed E-state index contributed by atoms with van der Waals surface area (Å²) in [5.41, 5.74) is 2.07. The predicted molar refractivity (Wildman–Crippen MR) is 81.1 cm³/mol. The Morgan fingerprint density at radius 3 is 3.20 bits per heavy atom. The van der Waals surface area contributed by atoms with E-state index in [1.165, 1.54) is 25.9 Å². The van der Waals surface area contributed by atoms with Crippen LogP contribution in [0.5, 0.6) is 0 Å². The number of aromatic nitrogens is 3. The van der Waals surface area contributed by atoms with Crippen LogP contribution >= 0.6 is 0 Å². The third-order valence-electron chi connectivity index (χ3n) is 3.97. The number of fused-ring (bicyclic) bond motifs is 1. The van der Waals surface area contributed by atoms with E-state index in [1.807, 2.05) is 17.6 Å². The highest BCUT2D eigenvalue weighted by atomic mass is 15.2. The van der Waals surface area contributed by atoms with Crippen LogP contribution in [0.1, 0.15) is 25.5 Å². The van der Waals surface area contributed by atoms with E-state index in [0.29, 0.717) is 0 Å². The fourth-order valence-electron chi connectivity index (χ4n) is 3.00. The molecule has 20 heavy (non-hydrogen) atoms. The highest BCUT2D eigenvalue weighted by Gasteiger charge is 2.15. The van der Waals surface area contributed by atoms with Crippen molar-refractivity contribution in [3.8, 4) is 0 Å². The zero-order chi connectivity index (χ0) is 13.9. The smallest absolute Gasteiger partial charge is 0.152 e. The molecule has 5 nitrogen and oxygen atoms in total. The maximum absolute atomic E-state index is 4.43. The fraction of sp³-hybridized carbons (Fsp3) is 0.600. The second-order valence-electron chi connectivity index (χ2n) is 5.87. The summed E-state index contributed by atoms with van der Waals surface area (Å²) >= 11 is 0. The van der Waals surface area contributed by atoms with Gasteiger partial charge in [-0.05, 0) is 38.3 Å². The van der Waals surface area contributed by atoms with Gasteiger partial charge in [-0.1, -0.05) is 6.92 Å². The maximum atomic E-state index is 4.43. The number of rotatable bonds is 4. The SMILES string of the molecule is Cc1cc2c(NCCN3CCCC(C)C3)nccn2n1. The molecule has 0 bridgehead atoms. The Hall–Kier alpha value is -1.62. The van der Waals surface area contributed by atoms with E-state index in [1.54, 1.807) is 6.20 Å². The average molecular weight is 273 g/mol. The zero-order valence-corrected chi connectivity index (χ0v) is 12.3. The van der Waals surface area contributed by atoms with Crippen molar-refractivity contribution in [1.29, 1.82) is 0 Å². The Bertz CT molecular complexity index is 577. The molecule has 3 rings (SSSR count). The van der Waals surface area contributed by atoms with Crippen LogP contribution in [-0.4, -0.2) is 45.7 Å². The number of anilines is 1. The molecule has 2 aromatic rings. The molecule has 0 spiro atoms. The largest absolute Gasteiger partial charge is 0.367 e. The highest BCUT2D eigenvalue weighted by Crippen LogP contribution is 2.16. The van der Waals surface area contributed by atoms with Crippen LogP contribution in [0.4, 0.5) is 5.82 Å². The van der Waals surface area contributed by atoms with Gasteiger partial charge in [0.2, 0.25) is 0 Å². The van der Waals surface area contributed by atoms with Crippen LogP contribution in [0.15, 0.2) is 18.5 Å². The number of piperidine rings is 1. The standard InChI is InChI=1S/C15H23N5/c1-12-4-3-7-19(11-12)8-5-16-15-14-10-13(2)18-20(14)9-6-17-15/h6,9-10,12H,3-5,7-8,11H2,1-2H3,(H,16,17). The van der Waals surface area contributed by atoms with Gasteiger partial charge in [0.25, 0.3) is 0 Å². The van der Waals surface area contributed by atoms with E-state index in [0.717, 1.165) is 36.0 Å². The van der Waals surface area contributed by atoms with E-state index in [4.69, 9.17) is 0 Å². The van der Waals surface area contributed by atoms with Crippen molar-refractivity contribution in [2.45, 2.75) is 26.7 Å². The van der Waals surface area contributed by atoms with Gasteiger partial charge in [-0.2, -0.15) is 5.10 Å². The molecule has 3 heterocycles. The maximum Gasteiger partial charge on any atom is 0.152 e. The summed E-state index contributed by atoms with van der Waals surface area (Å²) in [7, 11) is 0. The van der Waals surface area contributed by atoms with Gasteiger partial charge >= 0.3 is 0 Å². The van der Waals surface area contributed by atoms with E-state index in [-0.39, 0.29) is 0 Å². The molecular weight excluding hydrogens is 250 g/mol. The second-order valence-corrected chi connectivity index (χ2v) is 5.87. The minimum Gasteiger partial charge on any atom is -0.367 e. The summed E-state index contributed by atoms with van der Waals surface area (Å²) in [5.74, 6) is 1.76. The summed E-state index contributed by atoms with van der Waals surface area (Å²) < 4.78 is 1.88.